The van der Waals surface area contributed by atoms with Crippen LogP contribution in [0, 0.1) is 23.0 Å². The van der Waals surface area contributed by atoms with Crippen LogP contribution in [0.15, 0.2) is 12.1 Å². The highest BCUT2D eigenvalue weighted by Gasteiger charge is 2.59. The molecule has 0 aromatic heterocycles. The lowest BCUT2D eigenvalue weighted by atomic mass is 9.74. The molecule has 3 N–H and O–H groups in total. The molecule has 1 aromatic rings. The Kier molecular flexibility index (Phi) is 6.52. The van der Waals surface area contributed by atoms with Gasteiger partial charge in [0.1, 0.15) is 17.3 Å². The minimum atomic E-state index is -3.59. The largest absolute Gasteiger partial charge is 0.391 e. The number of nitrogens with one attached hydrogen (secondary N) is 2. The van der Waals surface area contributed by atoms with Crippen molar-refractivity contribution in [3.05, 3.63) is 34.4 Å². The van der Waals surface area contributed by atoms with Crippen molar-refractivity contribution in [2.24, 2.45) is 11.3 Å². The first-order chi connectivity index (χ1) is 15.4. The molecule has 33 heavy (non-hydrogen) atoms. The van der Waals surface area contributed by atoms with Gasteiger partial charge in [0.15, 0.2) is 0 Å². The van der Waals surface area contributed by atoms with Crippen LogP contribution < -0.4 is 10.0 Å². The van der Waals surface area contributed by atoms with E-state index in [0.717, 1.165) is 12.1 Å². The topological polar surface area (TPSA) is 95.5 Å². The number of halogens is 4. The predicted molar refractivity (Wildman–Crippen MR) is 117 cm³/mol. The Morgan fingerprint density at radius 1 is 1.24 bits per heavy atom. The summed E-state index contributed by atoms with van der Waals surface area (Å²) < 4.78 is 71.0. The van der Waals surface area contributed by atoms with Gasteiger partial charge >= 0.3 is 0 Å². The van der Waals surface area contributed by atoms with Crippen LogP contribution in [0.5, 0.6) is 0 Å². The van der Waals surface area contributed by atoms with Gasteiger partial charge in [0.05, 0.1) is 22.9 Å². The maximum atomic E-state index is 15.0. The van der Waals surface area contributed by atoms with Crippen LogP contribution in [0.1, 0.15) is 63.5 Å². The first kappa shape index (κ1) is 24.8. The first-order valence-corrected chi connectivity index (χ1v) is 13.2. The van der Waals surface area contributed by atoms with Gasteiger partial charge < -0.3 is 10.4 Å². The van der Waals surface area contributed by atoms with E-state index in [2.05, 4.69) is 10.0 Å². The number of hydrogen-bond donors (Lipinski definition) is 3. The molecule has 4 atom stereocenters. The highest BCUT2D eigenvalue weighted by molar-refractivity contribution is 7.89. The molecule has 4 rings (SSSR count). The molecular weight excluding hydrogens is 481 g/mol. The Morgan fingerprint density at radius 2 is 1.91 bits per heavy atom. The van der Waals surface area contributed by atoms with Crippen molar-refractivity contribution in [3.8, 4) is 0 Å². The summed E-state index contributed by atoms with van der Waals surface area (Å²) in [6, 6.07) is 0.149. The molecule has 6 nitrogen and oxygen atoms in total. The summed E-state index contributed by atoms with van der Waals surface area (Å²) >= 11 is 5.91. The predicted octanol–water partition coefficient (Wildman–Crippen LogP) is 3.53. The molecule has 0 unspecified atom stereocenters. The van der Waals surface area contributed by atoms with Crippen molar-refractivity contribution in [3.63, 3.8) is 0 Å². The van der Waals surface area contributed by atoms with E-state index in [4.69, 9.17) is 11.6 Å². The molecule has 2 bridgehead atoms. The summed E-state index contributed by atoms with van der Waals surface area (Å²) in [6.45, 7) is 1.46. The number of amides is 1. The molecular formula is C22H28ClF3N2O4S. The minimum absolute atomic E-state index is 0.00396. The maximum Gasteiger partial charge on any atom is 0.223 e. The zero-order chi connectivity index (χ0) is 24.2. The SMILES string of the molecule is CCS(=O)(=O)N[C@@H]1C[C@@H](C(=O)N[C@H](c2c(F)ccc(Cl)c2F)C23CCC(F)(CC2)C3)C[C@@H]1O. The highest BCUT2D eigenvalue weighted by atomic mass is 35.5. The molecule has 1 aromatic carbocycles. The van der Waals surface area contributed by atoms with Crippen LogP contribution in [0.2, 0.25) is 5.02 Å². The van der Waals surface area contributed by atoms with Crippen LogP contribution in [0.4, 0.5) is 13.2 Å². The molecule has 11 heteroatoms. The third-order valence-corrected chi connectivity index (χ3v) is 9.40. The van der Waals surface area contributed by atoms with Crippen molar-refractivity contribution < 1.29 is 31.5 Å². The summed E-state index contributed by atoms with van der Waals surface area (Å²) in [7, 11) is -3.59. The Hall–Kier alpha value is -1.36. The molecule has 1 amide bonds. The number of carbonyl (C=O) groups excluding carboxylic acids is 1. The van der Waals surface area contributed by atoms with E-state index in [9.17, 15) is 27.1 Å². The summed E-state index contributed by atoms with van der Waals surface area (Å²) in [5.41, 5.74) is -2.65. The van der Waals surface area contributed by atoms with Crippen LogP contribution in [0.25, 0.3) is 0 Å². The summed E-state index contributed by atoms with van der Waals surface area (Å²) in [5.74, 6) is -3.37. The second kappa shape index (κ2) is 8.70. The minimum Gasteiger partial charge on any atom is -0.391 e. The molecule has 0 aliphatic heterocycles. The third kappa shape index (κ3) is 4.63. The van der Waals surface area contributed by atoms with E-state index in [0.29, 0.717) is 12.8 Å². The van der Waals surface area contributed by atoms with Gasteiger partial charge in [-0.25, -0.2) is 26.3 Å². The monoisotopic (exact) mass is 508 g/mol. The zero-order valence-corrected chi connectivity index (χ0v) is 19.8. The Morgan fingerprint density at radius 3 is 2.48 bits per heavy atom. The molecule has 3 saturated carbocycles. The normalized spacial score (nSPS) is 34.5. The van der Waals surface area contributed by atoms with Gasteiger partial charge in [0.2, 0.25) is 15.9 Å². The number of aliphatic hydroxyl groups is 1. The third-order valence-electron chi connectivity index (χ3n) is 7.69. The number of carbonyl (C=O) groups is 1. The molecule has 3 aliphatic rings. The Balaban J connectivity index is 1.61. The smallest absolute Gasteiger partial charge is 0.223 e. The van der Waals surface area contributed by atoms with E-state index in [1.807, 2.05) is 0 Å². The molecule has 0 spiro atoms. The van der Waals surface area contributed by atoms with Crippen molar-refractivity contribution >= 4 is 27.5 Å². The first-order valence-electron chi connectivity index (χ1n) is 11.2. The van der Waals surface area contributed by atoms with Gasteiger partial charge in [-0.1, -0.05) is 11.6 Å². The van der Waals surface area contributed by atoms with Crippen molar-refractivity contribution in [2.45, 2.75) is 75.7 Å². The van der Waals surface area contributed by atoms with E-state index in [1.54, 1.807) is 0 Å². The number of rotatable bonds is 7. The zero-order valence-electron chi connectivity index (χ0n) is 18.2. The molecule has 0 heterocycles. The average Bonchev–Trinajstić information content (AvgIpc) is 3.41. The standard InChI is InChI=1S/C22H28ClF3N2O4S/c1-2-33(31,32)28-15-9-12(10-16(15)29)20(30)27-19(17-14(24)4-3-13(23)18(17)25)21-5-7-22(26,11-21)8-6-21/h3-4,12,15-16,19,28-29H,2,5-11H2,1H3,(H,27,30)/t12-,15-,16+,19-,21?,22?/m1/s1. The fourth-order valence-corrected chi connectivity index (χ4v) is 6.89. The van der Waals surface area contributed by atoms with E-state index in [-0.39, 0.29) is 48.4 Å². The fourth-order valence-electron chi connectivity index (χ4n) is 5.84. The average molecular weight is 509 g/mol. The summed E-state index contributed by atoms with van der Waals surface area (Å²) in [6.07, 6.45) is 0.295. The molecule has 3 aliphatic carbocycles. The van der Waals surface area contributed by atoms with Crippen molar-refractivity contribution in [2.75, 3.05) is 5.75 Å². The maximum absolute atomic E-state index is 15.0. The van der Waals surface area contributed by atoms with Crippen LogP contribution >= 0.6 is 11.6 Å². The second-order valence-electron chi connectivity index (χ2n) is 9.75. The van der Waals surface area contributed by atoms with Gasteiger partial charge in [-0.05, 0) is 69.4 Å². The fraction of sp³-hybridized carbons (Fsp3) is 0.682. The lowest BCUT2D eigenvalue weighted by molar-refractivity contribution is -0.127. The Labute approximate surface area is 196 Å². The van der Waals surface area contributed by atoms with E-state index in [1.165, 1.54) is 6.92 Å². The van der Waals surface area contributed by atoms with Gasteiger partial charge in [0.25, 0.3) is 0 Å². The number of hydrogen-bond acceptors (Lipinski definition) is 4. The van der Waals surface area contributed by atoms with Gasteiger partial charge in [-0.2, -0.15) is 0 Å². The number of benzene rings is 1. The number of aliphatic hydroxyl groups excluding tert-OH is 1. The van der Waals surface area contributed by atoms with Crippen LogP contribution in [-0.2, 0) is 14.8 Å². The van der Waals surface area contributed by atoms with Crippen molar-refractivity contribution in [1.82, 2.24) is 10.0 Å². The van der Waals surface area contributed by atoms with Crippen LogP contribution in [-0.4, -0.2) is 43.0 Å². The molecule has 3 fully saturated rings. The van der Waals surface area contributed by atoms with E-state index >= 15 is 4.39 Å². The molecule has 0 radical (unpaired) electrons. The lowest BCUT2D eigenvalue weighted by Gasteiger charge is -2.37. The number of sulfonamides is 1. The lowest BCUT2D eigenvalue weighted by Crippen LogP contribution is -2.43. The van der Waals surface area contributed by atoms with E-state index < -0.39 is 62.8 Å². The summed E-state index contributed by atoms with van der Waals surface area (Å²) in [5, 5.41) is 12.7. The van der Waals surface area contributed by atoms with Crippen molar-refractivity contribution in [1.29, 1.82) is 0 Å². The highest BCUT2D eigenvalue weighted by Crippen LogP contribution is 2.63. The van der Waals surface area contributed by atoms with Gasteiger partial charge in [-0.15, -0.1) is 0 Å². The second-order valence-corrected chi connectivity index (χ2v) is 12.2. The number of fused-ring (bicyclic) bond motifs is 2. The van der Waals surface area contributed by atoms with Gasteiger partial charge in [0, 0.05) is 17.5 Å². The molecule has 0 saturated heterocycles. The quantitative estimate of drug-likeness (QED) is 0.491. The number of alkyl halides is 1. The van der Waals surface area contributed by atoms with Gasteiger partial charge in [-0.3, -0.25) is 4.79 Å². The Bertz CT molecular complexity index is 1050. The summed E-state index contributed by atoms with van der Waals surface area (Å²) in [4.78, 5) is 13.2. The molecule has 184 valence electrons. The van der Waals surface area contributed by atoms with Crippen LogP contribution in [0.3, 0.4) is 0 Å².